The number of carbonyl (C=O) groups excluding carboxylic acids is 1. The van der Waals surface area contributed by atoms with E-state index in [0.29, 0.717) is 12.2 Å². The Morgan fingerprint density at radius 1 is 1.57 bits per heavy atom. The molecular formula is C11H14O2S. The van der Waals surface area contributed by atoms with E-state index in [1.54, 1.807) is 25.2 Å². The first-order valence-corrected chi connectivity index (χ1v) is 5.37. The van der Waals surface area contributed by atoms with Crippen LogP contribution in [0.2, 0.25) is 0 Å². The molecule has 1 aromatic heterocycles. The molecule has 0 unspecified atom stereocenters. The van der Waals surface area contributed by atoms with Crippen molar-refractivity contribution in [3.05, 3.63) is 27.5 Å². The third kappa shape index (κ3) is 3.00. The molecule has 0 aliphatic heterocycles. The smallest absolute Gasteiger partial charge is 0.333 e. The van der Waals surface area contributed by atoms with Crippen LogP contribution in [0.4, 0.5) is 0 Å². The minimum absolute atomic E-state index is 0.237. The Labute approximate surface area is 88.2 Å². The number of carbonyl (C=O) groups is 1. The highest BCUT2D eigenvalue weighted by Crippen LogP contribution is 2.18. The SMILES string of the molecule is CCOC(=O)/C(C)=C/c1ccc(C)s1. The standard InChI is InChI=1S/C11H14O2S/c1-4-13-11(12)8(2)7-10-6-5-9(3)14-10/h5-7H,4H2,1-3H3/b8-7+. The molecule has 1 heterocycles. The summed E-state index contributed by atoms with van der Waals surface area (Å²) < 4.78 is 4.88. The fourth-order valence-electron chi connectivity index (χ4n) is 1.05. The first kappa shape index (κ1) is 11.0. The predicted molar refractivity (Wildman–Crippen MR) is 59.3 cm³/mol. The van der Waals surface area contributed by atoms with Crippen molar-refractivity contribution in [1.29, 1.82) is 0 Å². The number of aryl methyl sites for hydroxylation is 1. The van der Waals surface area contributed by atoms with Gasteiger partial charge in [-0.1, -0.05) is 0 Å². The van der Waals surface area contributed by atoms with Gasteiger partial charge >= 0.3 is 5.97 Å². The summed E-state index contributed by atoms with van der Waals surface area (Å²) in [5.74, 6) is -0.237. The zero-order valence-corrected chi connectivity index (χ0v) is 9.48. The third-order valence-corrected chi connectivity index (χ3v) is 2.67. The summed E-state index contributed by atoms with van der Waals surface area (Å²) in [7, 11) is 0. The first-order valence-electron chi connectivity index (χ1n) is 4.55. The number of rotatable bonds is 3. The summed E-state index contributed by atoms with van der Waals surface area (Å²) in [5, 5.41) is 0. The molecule has 0 aliphatic carbocycles. The van der Waals surface area contributed by atoms with E-state index in [-0.39, 0.29) is 5.97 Å². The Kier molecular flexibility index (Phi) is 3.89. The Bertz CT molecular complexity index is 350. The summed E-state index contributed by atoms with van der Waals surface area (Å²) in [5.41, 5.74) is 0.647. The van der Waals surface area contributed by atoms with E-state index in [1.807, 2.05) is 25.1 Å². The van der Waals surface area contributed by atoms with Crippen LogP contribution in [-0.2, 0) is 9.53 Å². The van der Waals surface area contributed by atoms with Crippen LogP contribution in [0.15, 0.2) is 17.7 Å². The second kappa shape index (κ2) is 4.96. The van der Waals surface area contributed by atoms with Crippen LogP contribution in [-0.4, -0.2) is 12.6 Å². The maximum absolute atomic E-state index is 11.3. The molecule has 14 heavy (non-hydrogen) atoms. The summed E-state index contributed by atoms with van der Waals surface area (Å²) in [6.45, 7) is 6.04. The van der Waals surface area contributed by atoms with Gasteiger partial charge in [0.25, 0.3) is 0 Å². The molecule has 0 saturated heterocycles. The van der Waals surface area contributed by atoms with Crippen LogP contribution >= 0.6 is 11.3 Å². The highest BCUT2D eigenvalue weighted by molar-refractivity contribution is 7.12. The molecule has 0 saturated carbocycles. The number of ether oxygens (including phenoxy) is 1. The molecule has 0 amide bonds. The minimum Gasteiger partial charge on any atom is -0.463 e. The van der Waals surface area contributed by atoms with Crippen molar-refractivity contribution in [1.82, 2.24) is 0 Å². The van der Waals surface area contributed by atoms with Gasteiger partial charge in [0.15, 0.2) is 0 Å². The molecule has 2 nitrogen and oxygen atoms in total. The van der Waals surface area contributed by atoms with E-state index in [0.717, 1.165) is 4.88 Å². The number of hydrogen-bond donors (Lipinski definition) is 0. The van der Waals surface area contributed by atoms with Gasteiger partial charge in [-0.15, -0.1) is 11.3 Å². The van der Waals surface area contributed by atoms with Crippen molar-refractivity contribution < 1.29 is 9.53 Å². The van der Waals surface area contributed by atoms with Crippen molar-refractivity contribution in [3.63, 3.8) is 0 Å². The molecule has 0 atom stereocenters. The van der Waals surface area contributed by atoms with Gasteiger partial charge in [0.1, 0.15) is 0 Å². The molecule has 0 bridgehead atoms. The molecular weight excluding hydrogens is 196 g/mol. The Morgan fingerprint density at radius 2 is 2.29 bits per heavy atom. The average molecular weight is 210 g/mol. The fraction of sp³-hybridized carbons (Fsp3) is 0.364. The largest absolute Gasteiger partial charge is 0.463 e. The van der Waals surface area contributed by atoms with Crippen LogP contribution in [0.25, 0.3) is 6.08 Å². The quantitative estimate of drug-likeness (QED) is 0.566. The summed E-state index contributed by atoms with van der Waals surface area (Å²) >= 11 is 1.67. The van der Waals surface area contributed by atoms with Crippen molar-refractivity contribution in [2.75, 3.05) is 6.61 Å². The van der Waals surface area contributed by atoms with Crippen LogP contribution < -0.4 is 0 Å². The van der Waals surface area contributed by atoms with Gasteiger partial charge in [0.2, 0.25) is 0 Å². The molecule has 1 rings (SSSR count). The second-order valence-electron chi connectivity index (χ2n) is 3.00. The maximum atomic E-state index is 11.3. The lowest BCUT2D eigenvalue weighted by molar-refractivity contribution is -0.138. The van der Waals surface area contributed by atoms with Crippen LogP contribution in [0.1, 0.15) is 23.6 Å². The Balaban J connectivity index is 2.73. The van der Waals surface area contributed by atoms with E-state index >= 15 is 0 Å². The average Bonchev–Trinajstić information content (AvgIpc) is 2.51. The summed E-state index contributed by atoms with van der Waals surface area (Å²) in [6.07, 6.45) is 1.86. The van der Waals surface area contributed by atoms with Crippen molar-refractivity contribution in [2.45, 2.75) is 20.8 Å². The van der Waals surface area contributed by atoms with E-state index in [4.69, 9.17) is 4.74 Å². The first-order chi connectivity index (χ1) is 6.63. The minimum atomic E-state index is -0.237. The highest BCUT2D eigenvalue weighted by atomic mass is 32.1. The molecule has 0 spiro atoms. The van der Waals surface area contributed by atoms with Crippen LogP contribution in [0.5, 0.6) is 0 Å². The van der Waals surface area contributed by atoms with E-state index in [9.17, 15) is 4.79 Å². The Hall–Kier alpha value is -1.09. The zero-order chi connectivity index (χ0) is 10.6. The number of hydrogen-bond acceptors (Lipinski definition) is 3. The topological polar surface area (TPSA) is 26.3 Å². The molecule has 0 fully saturated rings. The predicted octanol–water partition coefficient (Wildman–Crippen LogP) is 3.02. The van der Waals surface area contributed by atoms with Gasteiger partial charge in [0, 0.05) is 15.3 Å². The van der Waals surface area contributed by atoms with Gasteiger partial charge in [-0.3, -0.25) is 0 Å². The Morgan fingerprint density at radius 3 is 2.79 bits per heavy atom. The van der Waals surface area contributed by atoms with Crippen molar-refractivity contribution >= 4 is 23.4 Å². The molecule has 0 N–H and O–H groups in total. The van der Waals surface area contributed by atoms with Crippen molar-refractivity contribution in [3.8, 4) is 0 Å². The van der Waals surface area contributed by atoms with Gasteiger partial charge in [-0.05, 0) is 39.0 Å². The van der Waals surface area contributed by atoms with Gasteiger partial charge in [-0.25, -0.2) is 4.79 Å². The number of thiophene rings is 1. The van der Waals surface area contributed by atoms with E-state index < -0.39 is 0 Å². The summed E-state index contributed by atoms with van der Waals surface area (Å²) in [4.78, 5) is 13.6. The van der Waals surface area contributed by atoms with Crippen molar-refractivity contribution in [2.24, 2.45) is 0 Å². The van der Waals surface area contributed by atoms with Gasteiger partial charge < -0.3 is 4.74 Å². The maximum Gasteiger partial charge on any atom is 0.333 e. The molecule has 76 valence electrons. The molecule has 1 aromatic rings. The molecule has 0 radical (unpaired) electrons. The lowest BCUT2D eigenvalue weighted by atomic mass is 10.2. The van der Waals surface area contributed by atoms with Crippen LogP contribution in [0, 0.1) is 6.92 Å². The normalized spacial score (nSPS) is 11.5. The van der Waals surface area contributed by atoms with E-state index in [2.05, 4.69) is 0 Å². The number of esters is 1. The molecule has 0 aromatic carbocycles. The van der Waals surface area contributed by atoms with Crippen LogP contribution in [0.3, 0.4) is 0 Å². The second-order valence-corrected chi connectivity index (χ2v) is 4.32. The molecule has 0 aliphatic rings. The van der Waals surface area contributed by atoms with Gasteiger partial charge in [0.05, 0.1) is 6.61 Å². The third-order valence-electron chi connectivity index (χ3n) is 1.72. The lowest BCUT2D eigenvalue weighted by Crippen LogP contribution is -2.04. The monoisotopic (exact) mass is 210 g/mol. The lowest BCUT2D eigenvalue weighted by Gasteiger charge is -1.99. The van der Waals surface area contributed by atoms with Gasteiger partial charge in [-0.2, -0.15) is 0 Å². The molecule has 3 heteroatoms. The highest BCUT2D eigenvalue weighted by Gasteiger charge is 2.04. The zero-order valence-electron chi connectivity index (χ0n) is 8.66. The summed E-state index contributed by atoms with van der Waals surface area (Å²) in [6, 6.07) is 4.04. The fourth-order valence-corrected chi connectivity index (χ4v) is 1.93. The van der Waals surface area contributed by atoms with E-state index in [1.165, 1.54) is 4.88 Å².